The summed E-state index contributed by atoms with van der Waals surface area (Å²) in [4.78, 5) is 14.9. The van der Waals surface area contributed by atoms with Crippen LogP contribution in [0.2, 0.25) is 0 Å². The average Bonchev–Trinajstić information content (AvgIpc) is 3.23. The molecule has 1 aromatic heterocycles. The Kier molecular flexibility index (Phi) is 6.25. The minimum atomic E-state index is -3.67. The van der Waals surface area contributed by atoms with Gasteiger partial charge in [0.15, 0.2) is 6.29 Å². The molecule has 0 spiro atoms. The fourth-order valence-corrected chi connectivity index (χ4v) is 6.01. The Bertz CT molecular complexity index is 1140. The van der Waals surface area contributed by atoms with Crippen LogP contribution < -0.4 is 9.46 Å². The van der Waals surface area contributed by atoms with Gasteiger partial charge in [0.05, 0.1) is 18.4 Å². The van der Waals surface area contributed by atoms with Crippen molar-refractivity contribution in [2.24, 2.45) is 5.92 Å². The number of carbonyl (C=O) groups excluding carboxylic acids is 1. The van der Waals surface area contributed by atoms with Crippen molar-refractivity contribution >= 4 is 22.2 Å². The van der Waals surface area contributed by atoms with Crippen molar-refractivity contribution < 1.29 is 17.9 Å². The van der Waals surface area contributed by atoms with Crippen molar-refractivity contribution in [3.63, 3.8) is 0 Å². The van der Waals surface area contributed by atoms with E-state index in [1.165, 1.54) is 25.8 Å². The maximum absolute atomic E-state index is 13.2. The van der Waals surface area contributed by atoms with Crippen LogP contribution in [0.25, 0.3) is 0 Å². The molecule has 162 valence electrons. The van der Waals surface area contributed by atoms with E-state index in [4.69, 9.17) is 4.74 Å². The van der Waals surface area contributed by atoms with E-state index in [9.17, 15) is 13.2 Å². The molecule has 4 rings (SSSR count). The summed E-state index contributed by atoms with van der Waals surface area (Å²) < 4.78 is 36.0. The van der Waals surface area contributed by atoms with Crippen LogP contribution in [0.5, 0.6) is 5.75 Å². The summed E-state index contributed by atoms with van der Waals surface area (Å²) in [5, 5.41) is 0. The van der Waals surface area contributed by atoms with Gasteiger partial charge < -0.3 is 4.74 Å². The molecule has 1 aromatic carbocycles. The molecular weight excluding hydrogens is 414 g/mol. The number of aldehydes is 1. The van der Waals surface area contributed by atoms with Gasteiger partial charge in [0.25, 0.3) is 0 Å². The van der Waals surface area contributed by atoms with Gasteiger partial charge in [-0.05, 0) is 37.3 Å². The van der Waals surface area contributed by atoms with E-state index < -0.39 is 10.2 Å². The van der Waals surface area contributed by atoms with Gasteiger partial charge in [0.1, 0.15) is 11.4 Å². The van der Waals surface area contributed by atoms with Gasteiger partial charge in [-0.3, -0.25) is 14.5 Å². The van der Waals surface area contributed by atoms with Crippen LogP contribution in [0.1, 0.15) is 53.7 Å². The number of hydrogen-bond donors (Lipinski definition) is 1. The molecule has 1 aliphatic heterocycles. The second-order valence-corrected chi connectivity index (χ2v) is 9.46. The van der Waals surface area contributed by atoms with Crippen molar-refractivity contribution in [3.05, 3.63) is 53.3 Å². The molecular formula is C23H25N3O4S. The zero-order valence-electron chi connectivity index (χ0n) is 17.4. The number of anilines is 1. The number of rotatable bonds is 5. The summed E-state index contributed by atoms with van der Waals surface area (Å²) >= 11 is 0. The summed E-state index contributed by atoms with van der Waals surface area (Å²) in [7, 11) is -2.18. The number of nitrogens with zero attached hydrogens (tertiary/aromatic N) is 2. The molecule has 31 heavy (non-hydrogen) atoms. The fraction of sp³-hybridized carbons (Fsp3) is 0.391. The molecule has 0 radical (unpaired) electrons. The molecule has 2 aliphatic rings. The standard InChI is InChI=1S/C23H25N3O4S/c1-30-23-14-20(16-27)24-15-19(23)11-10-17-6-2-4-8-21(17)25-31(28,29)26-13-12-18-7-3-5-9-22(18)26/h2,4,6,8,14-16,18,22,25H,3,5,7,9,12-13H2,1H3. The second-order valence-electron chi connectivity index (χ2n) is 7.84. The first kappa shape index (κ1) is 21.3. The van der Waals surface area contributed by atoms with Crippen molar-refractivity contribution in [3.8, 4) is 17.6 Å². The Morgan fingerprint density at radius 1 is 1.16 bits per heavy atom. The number of ether oxygens (including phenoxy) is 1. The van der Waals surface area contributed by atoms with Gasteiger partial charge in [-0.1, -0.05) is 36.8 Å². The van der Waals surface area contributed by atoms with Crippen LogP contribution in [0, 0.1) is 17.8 Å². The van der Waals surface area contributed by atoms with Crippen LogP contribution in [-0.2, 0) is 10.2 Å². The topological polar surface area (TPSA) is 88.6 Å². The number of fused-ring (bicyclic) bond motifs is 1. The number of aromatic nitrogens is 1. The molecule has 0 bridgehead atoms. The van der Waals surface area contributed by atoms with E-state index in [1.807, 2.05) is 0 Å². The minimum absolute atomic E-state index is 0.0937. The first-order valence-corrected chi connectivity index (χ1v) is 11.9. The number of carbonyl (C=O) groups is 1. The van der Waals surface area contributed by atoms with Gasteiger partial charge >= 0.3 is 10.2 Å². The molecule has 2 heterocycles. The molecule has 2 aromatic rings. The largest absolute Gasteiger partial charge is 0.495 e. The Hall–Kier alpha value is -2.89. The highest BCUT2D eigenvalue weighted by Gasteiger charge is 2.41. The van der Waals surface area contributed by atoms with Crippen LogP contribution >= 0.6 is 0 Å². The van der Waals surface area contributed by atoms with Crippen molar-refractivity contribution in [1.82, 2.24) is 9.29 Å². The molecule has 2 fully saturated rings. The zero-order valence-corrected chi connectivity index (χ0v) is 18.2. The highest BCUT2D eigenvalue weighted by molar-refractivity contribution is 7.90. The lowest BCUT2D eigenvalue weighted by atomic mass is 9.86. The molecule has 1 saturated carbocycles. The van der Waals surface area contributed by atoms with E-state index in [0.717, 1.165) is 25.7 Å². The van der Waals surface area contributed by atoms with E-state index in [1.54, 1.807) is 28.6 Å². The van der Waals surface area contributed by atoms with Gasteiger partial charge in [-0.25, -0.2) is 0 Å². The number of hydrogen-bond acceptors (Lipinski definition) is 5. The summed E-state index contributed by atoms with van der Waals surface area (Å²) in [6.45, 7) is 0.560. The summed E-state index contributed by atoms with van der Waals surface area (Å²) in [6, 6.07) is 8.66. The Morgan fingerprint density at radius 2 is 1.94 bits per heavy atom. The summed E-state index contributed by atoms with van der Waals surface area (Å²) in [6.07, 6.45) is 7.33. The smallest absolute Gasteiger partial charge is 0.301 e. The molecule has 7 nitrogen and oxygen atoms in total. The Labute approximate surface area is 183 Å². The molecule has 1 N–H and O–H groups in total. The van der Waals surface area contributed by atoms with Crippen molar-refractivity contribution in [1.29, 1.82) is 0 Å². The Morgan fingerprint density at radius 3 is 2.74 bits per heavy atom. The monoisotopic (exact) mass is 439 g/mol. The molecule has 2 atom stereocenters. The van der Waals surface area contributed by atoms with Crippen molar-refractivity contribution in [2.75, 3.05) is 18.4 Å². The summed E-state index contributed by atoms with van der Waals surface area (Å²) in [5.41, 5.74) is 1.75. The normalized spacial score (nSPS) is 20.9. The van der Waals surface area contributed by atoms with Crippen LogP contribution in [0.3, 0.4) is 0 Å². The Balaban J connectivity index is 1.59. The van der Waals surface area contributed by atoms with Gasteiger partial charge in [0.2, 0.25) is 0 Å². The molecule has 0 amide bonds. The minimum Gasteiger partial charge on any atom is -0.495 e. The van der Waals surface area contributed by atoms with E-state index in [0.29, 0.717) is 41.3 Å². The summed E-state index contributed by atoms with van der Waals surface area (Å²) in [5.74, 6) is 6.88. The first-order chi connectivity index (χ1) is 15.0. The molecule has 8 heteroatoms. The quantitative estimate of drug-likeness (QED) is 0.571. The van der Waals surface area contributed by atoms with E-state index in [-0.39, 0.29) is 11.7 Å². The fourth-order valence-electron chi connectivity index (χ4n) is 4.45. The lowest BCUT2D eigenvalue weighted by Crippen LogP contribution is -2.42. The maximum atomic E-state index is 13.2. The van der Waals surface area contributed by atoms with Gasteiger partial charge in [0, 0.05) is 30.4 Å². The number of para-hydroxylation sites is 1. The molecule has 1 aliphatic carbocycles. The molecule has 2 unspecified atom stereocenters. The predicted molar refractivity (Wildman–Crippen MR) is 118 cm³/mol. The zero-order chi connectivity index (χ0) is 21.8. The number of nitrogens with one attached hydrogen (secondary N) is 1. The maximum Gasteiger partial charge on any atom is 0.301 e. The lowest BCUT2D eigenvalue weighted by Gasteiger charge is -2.31. The van der Waals surface area contributed by atoms with E-state index in [2.05, 4.69) is 21.5 Å². The van der Waals surface area contributed by atoms with Crippen molar-refractivity contribution in [2.45, 2.75) is 38.1 Å². The average molecular weight is 440 g/mol. The molecule has 1 saturated heterocycles. The first-order valence-electron chi connectivity index (χ1n) is 10.4. The van der Waals surface area contributed by atoms with Gasteiger partial charge in [-0.15, -0.1) is 0 Å². The SMILES string of the molecule is COc1cc(C=O)ncc1C#Cc1ccccc1NS(=O)(=O)N1CCC2CCCCC21. The predicted octanol–water partition coefficient (Wildman–Crippen LogP) is 3.22. The van der Waals surface area contributed by atoms with Crippen LogP contribution in [0.15, 0.2) is 36.5 Å². The van der Waals surface area contributed by atoms with Gasteiger partial charge in [-0.2, -0.15) is 12.7 Å². The highest BCUT2D eigenvalue weighted by Crippen LogP contribution is 2.38. The number of methoxy groups -OCH3 is 1. The second kappa shape index (κ2) is 9.08. The van der Waals surface area contributed by atoms with Crippen LogP contribution in [-0.4, -0.2) is 43.7 Å². The number of benzene rings is 1. The van der Waals surface area contributed by atoms with Crippen LogP contribution in [0.4, 0.5) is 5.69 Å². The highest BCUT2D eigenvalue weighted by atomic mass is 32.2. The third kappa shape index (κ3) is 4.58. The third-order valence-corrected chi connectivity index (χ3v) is 7.54. The lowest BCUT2D eigenvalue weighted by molar-refractivity contribution is 0.111. The number of pyridine rings is 1. The third-order valence-electron chi connectivity index (χ3n) is 5.99. The van der Waals surface area contributed by atoms with E-state index >= 15 is 0 Å².